The van der Waals surface area contributed by atoms with Crippen molar-refractivity contribution >= 4 is 17.5 Å². The van der Waals surface area contributed by atoms with E-state index in [1.54, 1.807) is 18.2 Å². The number of hydrogen-bond acceptors (Lipinski definition) is 2. The molecule has 25 heavy (non-hydrogen) atoms. The van der Waals surface area contributed by atoms with Crippen LogP contribution in [0.15, 0.2) is 58.8 Å². The van der Waals surface area contributed by atoms with Gasteiger partial charge in [0.1, 0.15) is 17.2 Å². The SMILES string of the molecule is CC(C)C1=CC(=O)NC2=CC(=NC(=O)c3c(F)cccc3F)C=CC21. The summed E-state index contributed by atoms with van der Waals surface area (Å²) in [4.78, 5) is 27.7. The molecule has 0 saturated heterocycles. The highest BCUT2D eigenvalue weighted by atomic mass is 19.1. The van der Waals surface area contributed by atoms with Crippen LogP contribution in [0, 0.1) is 23.5 Å². The van der Waals surface area contributed by atoms with Crippen LogP contribution in [-0.4, -0.2) is 17.5 Å². The quantitative estimate of drug-likeness (QED) is 0.896. The summed E-state index contributed by atoms with van der Waals surface area (Å²) in [6.45, 7) is 3.98. The van der Waals surface area contributed by atoms with E-state index in [0.717, 1.165) is 17.7 Å². The van der Waals surface area contributed by atoms with Crippen LogP contribution in [0.5, 0.6) is 0 Å². The zero-order valence-electron chi connectivity index (χ0n) is 13.7. The highest BCUT2D eigenvalue weighted by Crippen LogP contribution is 2.31. The zero-order valence-corrected chi connectivity index (χ0v) is 13.7. The van der Waals surface area contributed by atoms with Gasteiger partial charge in [0.25, 0.3) is 5.91 Å². The van der Waals surface area contributed by atoms with Crippen molar-refractivity contribution in [1.82, 2.24) is 5.32 Å². The molecule has 3 rings (SSSR count). The van der Waals surface area contributed by atoms with E-state index in [1.807, 2.05) is 19.9 Å². The number of rotatable bonds is 2. The maximum Gasteiger partial charge on any atom is 0.283 e. The molecule has 2 aliphatic rings. The average Bonchev–Trinajstić information content (AvgIpc) is 2.53. The molecule has 0 aromatic heterocycles. The van der Waals surface area contributed by atoms with Gasteiger partial charge in [-0.3, -0.25) is 9.59 Å². The highest BCUT2D eigenvalue weighted by molar-refractivity contribution is 6.14. The fraction of sp³-hybridized carbons (Fsp3) is 0.211. The summed E-state index contributed by atoms with van der Waals surface area (Å²) in [5.74, 6) is -3.10. The fourth-order valence-corrected chi connectivity index (χ4v) is 2.89. The smallest absolute Gasteiger partial charge is 0.283 e. The number of benzene rings is 1. The number of allylic oxidation sites excluding steroid dienone is 3. The van der Waals surface area contributed by atoms with Crippen LogP contribution in [-0.2, 0) is 4.79 Å². The first-order chi connectivity index (χ1) is 11.9. The second-order valence-electron chi connectivity index (χ2n) is 6.16. The van der Waals surface area contributed by atoms with Gasteiger partial charge in [0.2, 0.25) is 5.91 Å². The Hall–Kier alpha value is -2.89. The molecule has 2 amide bonds. The van der Waals surface area contributed by atoms with E-state index in [1.165, 1.54) is 6.07 Å². The van der Waals surface area contributed by atoms with Crippen LogP contribution in [0.1, 0.15) is 24.2 Å². The minimum absolute atomic E-state index is 0.100. The van der Waals surface area contributed by atoms with E-state index in [0.29, 0.717) is 5.70 Å². The van der Waals surface area contributed by atoms with Gasteiger partial charge in [0, 0.05) is 17.7 Å². The number of hydrogen-bond donors (Lipinski definition) is 1. The molecule has 1 aliphatic heterocycles. The normalized spacial score (nSPS) is 20.9. The molecule has 0 fully saturated rings. The lowest BCUT2D eigenvalue weighted by Gasteiger charge is -2.29. The monoisotopic (exact) mass is 342 g/mol. The molecule has 0 saturated carbocycles. The van der Waals surface area contributed by atoms with Gasteiger partial charge in [0.05, 0.1) is 5.71 Å². The summed E-state index contributed by atoms with van der Waals surface area (Å²) >= 11 is 0. The molecular weight excluding hydrogens is 326 g/mol. The minimum Gasteiger partial charge on any atom is -0.325 e. The number of nitrogens with one attached hydrogen (secondary N) is 1. The van der Waals surface area contributed by atoms with Crippen LogP contribution in [0.25, 0.3) is 0 Å². The van der Waals surface area contributed by atoms with Crippen LogP contribution >= 0.6 is 0 Å². The number of aliphatic imine (C=N–C) groups is 1. The van der Waals surface area contributed by atoms with Crippen molar-refractivity contribution < 1.29 is 18.4 Å². The predicted octanol–water partition coefficient (Wildman–Crippen LogP) is 3.33. The molecule has 1 unspecified atom stereocenters. The highest BCUT2D eigenvalue weighted by Gasteiger charge is 2.28. The average molecular weight is 342 g/mol. The Morgan fingerprint density at radius 1 is 1.20 bits per heavy atom. The molecule has 1 aromatic rings. The third-order valence-electron chi connectivity index (χ3n) is 4.10. The van der Waals surface area contributed by atoms with Gasteiger partial charge < -0.3 is 5.32 Å². The van der Waals surface area contributed by atoms with Gasteiger partial charge in [-0.1, -0.05) is 26.0 Å². The lowest BCUT2D eigenvalue weighted by atomic mass is 9.82. The van der Waals surface area contributed by atoms with Crippen molar-refractivity contribution in [3.05, 3.63) is 71.0 Å². The Bertz CT molecular complexity index is 859. The van der Waals surface area contributed by atoms with Crippen LogP contribution in [0.3, 0.4) is 0 Å². The molecule has 1 aliphatic carbocycles. The summed E-state index contributed by atoms with van der Waals surface area (Å²) in [5, 5.41) is 2.72. The standard InChI is InChI=1S/C19H16F2N2O2/c1-10(2)13-9-17(24)23-16-8-11(6-7-12(13)16)22-19(25)18-14(20)4-3-5-15(18)21/h3-10,12H,1-2H3,(H,23,24). The van der Waals surface area contributed by atoms with Crippen molar-refractivity contribution in [2.45, 2.75) is 13.8 Å². The van der Waals surface area contributed by atoms with E-state index in [4.69, 9.17) is 0 Å². The summed E-state index contributed by atoms with van der Waals surface area (Å²) in [6, 6.07) is 3.19. The Morgan fingerprint density at radius 3 is 2.52 bits per heavy atom. The van der Waals surface area contributed by atoms with Gasteiger partial charge in [-0.15, -0.1) is 0 Å². The molecule has 0 bridgehead atoms. The maximum absolute atomic E-state index is 13.7. The Morgan fingerprint density at radius 2 is 1.88 bits per heavy atom. The second kappa shape index (κ2) is 6.55. The summed E-state index contributed by atoms with van der Waals surface area (Å²) in [6.07, 6.45) is 6.54. The van der Waals surface area contributed by atoms with E-state index in [2.05, 4.69) is 10.3 Å². The summed E-state index contributed by atoms with van der Waals surface area (Å²) < 4.78 is 27.4. The number of amides is 2. The van der Waals surface area contributed by atoms with Crippen molar-refractivity contribution in [2.75, 3.05) is 0 Å². The van der Waals surface area contributed by atoms with Crippen LogP contribution in [0.4, 0.5) is 8.78 Å². The number of nitrogens with zero attached hydrogens (tertiary/aromatic N) is 1. The molecular formula is C19H16F2N2O2. The molecule has 6 heteroatoms. The lowest BCUT2D eigenvalue weighted by molar-refractivity contribution is -0.116. The van der Waals surface area contributed by atoms with Gasteiger partial charge in [0.15, 0.2) is 0 Å². The second-order valence-corrected chi connectivity index (χ2v) is 6.16. The lowest BCUT2D eigenvalue weighted by Crippen LogP contribution is -2.34. The number of carbonyl (C=O) groups is 2. The zero-order chi connectivity index (χ0) is 18.1. The number of halogens is 2. The summed E-state index contributed by atoms with van der Waals surface area (Å²) in [5.41, 5.74) is 1.08. The largest absolute Gasteiger partial charge is 0.325 e. The molecule has 0 radical (unpaired) electrons. The van der Waals surface area contributed by atoms with E-state index in [9.17, 15) is 18.4 Å². The minimum atomic E-state index is -1.01. The van der Waals surface area contributed by atoms with E-state index >= 15 is 0 Å². The molecule has 128 valence electrons. The topological polar surface area (TPSA) is 58.5 Å². The first kappa shape index (κ1) is 17.0. The van der Waals surface area contributed by atoms with Gasteiger partial charge in [-0.25, -0.2) is 13.8 Å². The first-order valence-electron chi connectivity index (χ1n) is 7.86. The van der Waals surface area contributed by atoms with Gasteiger partial charge in [-0.2, -0.15) is 0 Å². The van der Waals surface area contributed by atoms with E-state index in [-0.39, 0.29) is 23.5 Å². The Labute approximate surface area is 143 Å². The first-order valence-corrected chi connectivity index (χ1v) is 7.86. The Kier molecular flexibility index (Phi) is 4.44. The number of carbonyl (C=O) groups excluding carboxylic acids is 2. The molecule has 1 heterocycles. The third kappa shape index (κ3) is 3.33. The van der Waals surface area contributed by atoms with Crippen molar-refractivity contribution in [1.29, 1.82) is 0 Å². The number of fused-ring (bicyclic) bond motifs is 1. The molecule has 4 nitrogen and oxygen atoms in total. The third-order valence-corrected chi connectivity index (χ3v) is 4.10. The van der Waals surface area contributed by atoms with E-state index < -0.39 is 23.1 Å². The van der Waals surface area contributed by atoms with Crippen LogP contribution < -0.4 is 5.32 Å². The van der Waals surface area contributed by atoms with Gasteiger partial charge in [-0.05, 0) is 35.8 Å². The van der Waals surface area contributed by atoms with Crippen molar-refractivity contribution in [2.24, 2.45) is 16.8 Å². The summed E-state index contributed by atoms with van der Waals surface area (Å²) in [7, 11) is 0. The molecule has 1 N–H and O–H groups in total. The molecule has 1 aromatic carbocycles. The van der Waals surface area contributed by atoms with Crippen molar-refractivity contribution in [3.8, 4) is 0 Å². The van der Waals surface area contributed by atoms with Gasteiger partial charge >= 0.3 is 0 Å². The predicted molar refractivity (Wildman–Crippen MR) is 89.9 cm³/mol. The van der Waals surface area contributed by atoms with Crippen molar-refractivity contribution in [3.63, 3.8) is 0 Å². The Balaban J connectivity index is 1.93. The van der Waals surface area contributed by atoms with Crippen LogP contribution in [0.2, 0.25) is 0 Å². The maximum atomic E-state index is 13.7. The molecule has 1 atom stereocenters. The fourth-order valence-electron chi connectivity index (χ4n) is 2.89. The molecule has 0 spiro atoms.